The molecule has 7 nitrogen and oxygen atoms in total. The number of pyridine rings is 1. The number of aromatic nitrogens is 3. The topological polar surface area (TPSA) is 84.3 Å². The number of halogens is 4. The van der Waals surface area contributed by atoms with E-state index in [-0.39, 0.29) is 23.5 Å². The molecule has 2 aromatic heterocycles. The van der Waals surface area contributed by atoms with Crippen molar-refractivity contribution >= 4 is 39.6 Å². The second kappa shape index (κ2) is 7.00. The molecule has 0 saturated carbocycles. The molecular weight excluding hydrogens is 381 g/mol. The Bertz CT molecular complexity index is 796. The van der Waals surface area contributed by atoms with Gasteiger partial charge in [-0.05, 0) is 6.07 Å². The van der Waals surface area contributed by atoms with Crippen LogP contribution in [0.1, 0.15) is 17.0 Å². The van der Waals surface area contributed by atoms with Gasteiger partial charge in [-0.2, -0.15) is 13.2 Å². The van der Waals surface area contributed by atoms with Crippen LogP contribution < -0.4 is 10.6 Å². The van der Waals surface area contributed by atoms with Gasteiger partial charge in [0.25, 0.3) is 0 Å². The summed E-state index contributed by atoms with van der Waals surface area (Å²) in [5, 5.41) is 18.9. The second-order valence-corrected chi connectivity index (χ2v) is 6.45. The molecule has 0 amide bonds. The summed E-state index contributed by atoms with van der Waals surface area (Å²) in [5.41, 5.74) is -0.236. The zero-order chi connectivity index (χ0) is 18.0. The molecule has 0 spiro atoms. The molecule has 0 aliphatic carbocycles. The standard InChI is InChI=1S/C13H12ClF3N6OS/c1-18-12-22-21-11(25-12)9-3-7(24-23-9)5-20-10-8(14)2-6(4-19-10)13(15,16)17/h2,4,7H,3,5H2,1H3,(H,18,22)(H,19,20). The fraction of sp³-hybridized carbons (Fsp3) is 0.385. The predicted molar refractivity (Wildman–Crippen MR) is 88.2 cm³/mol. The van der Waals surface area contributed by atoms with Crippen LogP contribution in [0.3, 0.4) is 0 Å². The van der Waals surface area contributed by atoms with Gasteiger partial charge in [0.1, 0.15) is 17.6 Å². The molecular formula is C13H12ClF3N6OS. The number of nitrogens with zero attached hydrogens (tertiary/aromatic N) is 4. The van der Waals surface area contributed by atoms with E-state index in [0.29, 0.717) is 22.3 Å². The molecule has 1 atom stereocenters. The van der Waals surface area contributed by atoms with Crippen LogP contribution in [0.25, 0.3) is 0 Å². The molecule has 12 heteroatoms. The molecule has 3 heterocycles. The van der Waals surface area contributed by atoms with E-state index in [2.05, 4.69) is 31.0 Å². The van der Waals surface area contributed by atoms with Crippen LogP contribution in [0.2, 0.25) is 5.02 Å². The maximum atomic E-state index is 12.6. The molecule has 2 aromatic rings. The third-order valence-electron chi connectivity index (χ3n) is 3.28. The Morgan fingerprint density at radius 1 is 1.40 bits per heavy atom. The van der Waals surface area contributed by atoms with E-state index < -0.39 is 11.7 Å². The minimum Gasteiger partial charge on any atom is -0.390 e. The molecule has 0 fully saturated rings. The van der Waals surface area contributed by atoms with Gasteiger partial charge in [0.15, 0.2) is 5.01 Å². The first kappa shape index (κ1) is 17.7. The van der Waals surface area contributed by atoms with Crippen molar-refractivity contribution in [1.29, 1.82) is 0 Å². The Morgan fingerprint density at radius 2 is 2.20 bits per heavy atom. The number of anilines is 2. The summed E-state index contributed by atoms with van der Waals surface area (Å²) in [6, 6.07) is 0.828. The summed E-state index contributed by atoms with van der Waals surface area (Å²) in [4.78, 5) is 9.01. The molecule has 3 rings (SSSR count). The Labute approximate surface area is 149 Å². The second-order valence-electron chi connectivity index (χ2n) is 5.06. The molecule has 0 aromatic carbocycles. The molecule has 1 aliphatic heterocycles. The SMILES string of the molecule is CNc1nnc(C2=NOC(CNc3ncc(C(F)(F)F)cc3Cl)C2)s1. The third kappa shape index (κ3) is 4.10. The Morgan fingerprint density at radius 3 is 2.84 bits per heavy atom. The molecule has 0 bridgehead atoms. The van der Waals surface area contributed by atoms with Crippen LogP contribution in [-0.2, 0) is 11.0 Å². The molecule has 134 valence electrons. The predicted octanol–water partition coefficient (Wildman–Crippen LogP) is 3.25. The van der Waals surface area contributed by atoms with E-state index in [9.17, 15) is 13.2 Å². The number of alkyl halides is 3. The highest BCUT2D eigenvalue weighted by Gasteiger charge is 2.32. The fourth-order valence-electron chi connectivity index (χ4n) is 2.04. The molecule has 0 radical (unpaired) electrons. The summed E-state index contributed by atoms with van der Waals surface area (Å²) in [5.74, 6) is 0.153. The van der Waals surface area contributed by atoms with Crippen molar-refractivity contribution in [3.63, 3.8) is 0 Å². The number of hydrogen-bond donors (Lipinski definition) is 2. The van der Waals surface area contributed by atoms with E-state index >= 15 is 0 Å². The average molecular weight is 393 g/mol. The number of oxime groups is 1. The zero-order valence-corrected chi connectivity index (χ0v) is 14.3. The maximum absolute atomic E-state index is 12.6. The lowest BCUT2D eigenvalue weighted by molar-refractivity contribution is -0.137. The van der Waals surface area contributed by atoms with Crippen LogP contribution in [0.15, 0.2) is 17.4 Å². The molecule has 25 heavy (non-hydrogen) atoms. The van der Waals surface area contributed by atoms with Crippen molar-refractivity contribution in [2.45, 2.75) is 18.7 Å². The first-order valence-corrected chi connectivity index (χ1v) is 8.27. The summed E-state index contributed by atoms with van der Waals surface area (Å²) in [7, 11) is 1.74. The normalized spacial score (nSPS) is 17.2. The van der Waals surface area contributed by atoms with Gasteiger partial charge in [-0.1, -0.05) is 28.1 Å². The average Bonchev–Trinajstić information content (AvgIpc) is 3.21. The maximum Gasteiger partial charge on any atom is 0.417 e. The van der Waals surface area contributed by atoms with E-state index in [0.717, 1.165) is 12.3 Å². The fourth-order valence-corrected chi connectivity index (χ4v) is 2.96. The van der Waals surface area contributed by atoms with Gasteiger partial charge >= 0.3 is 6.18 Å². The van der Waals surface area contributed by atoms with E-state index in [1.54, 1.807) is 7.05 Å². The van der Waals surface area contributed by atoms with E-state index in [4.69, 9.17) is 16.4 Å². The van der Waals surface area contributed by atoms with Gasteiger partial charge in [0.2, 0.25) is 5.13 Å². The van der Waals surface area contributed by atoms with Crippen molar-refractivity contribution in [2.75, 3.05) is 24.2 Å². The Hall–Kier alpha value is -2.14. The molecule has 0 saturated heterocycles. The van der Waals surface area contributed by atoms with Crippen molar-refractivity contribution in [1.82, 2.24) is 15.2 Å². The van der Waals surface area contributed by atoms with Gasteiger partial charge < -0.3 is 15.5 Å². The quantitative estimate of drug-likeness (QED) is 0.812. The Balaban J connectivity index is 1.57. The first-order valence-electron chi connectivity index (χ1n) is 7.07. The van der Waals surface area contributed by atoms with Crippen LogP contribution in [0.4, 0.5) is 24.1 Å². The zero-order valence-electron chi connectivity index (χ0n) is 12.8. The van der Waals surface area contributed by atoms with Crippen molar-refractivity contribution in [3.8, 4) is 0 Å². The minimum absolute atomic E-state index is 0.114. The van der Waals surface area contributed by atoms with Crippen LogP contribution in [0, 0.1) is 0 Å². The highest BCUT2D eigenvalue weighted by atomic mass is 35.5. The molecule has 1 unspecified atom stereocenters. The van der Waals surface area contributed by atoms with Crippen molar-refractivity contribution < 1.29 is 18.0 Å². The monoisotopic (exact) mass is 392 g/mol. The Kier molecular flexibility index (Phi) is 4.95. The number of rotatable bonds is 5. The minimum atomic E-state index is -4.49. The lowest BCUT2D eigenvalue weighted by atomic mass is 10.2. The first-order chi connectivity index (χ1) is 11.9. The molecule has 1 aliphatic rings. The van der Waals surface area contributed by atoms with Gasteiger partial charge in [-0.3, -0.25) is 0 Å². The number of nitrogens with one attached hydrogen (secondary N) is 2. The summed E-state index contributed by atoms with van der Waals surface area (Å²) in [6.07, 6.45) is -3.58. The highest BCUT2D eigenvalue weighted by molar-refractivity contribution is 7.17. The van der Waals surface area contributed by atoms with Crippen LogP contribution in [0.5, 0.6) is 0 Å². The lowest BCUT2D eigenvalue weighted by Crippen LogP contribution is -2.21. The highest BCUT2D eigenvalue weighted by Crippen LogP contribution is 2.32. The largest absolute Gasteiger partial charge is 0.417 e. The van der Waals surface area contributed by atoms with Crippen LogP contribution >= 0.6 is 22.9 Å². The summed E-state index contributed by atoms with van der Waals surface area (Å²) < 4.78 is 37.8. The lowest BCUT2D eigenvalue weighted by Gasteiger charge is -2.13. The van der Waals surface area contributed by atoms with Crippen molar-refractivity contribution in [3.05, 3.63) is 27.9 Å². The van der Waals surface area contributed by atoms with Crippen LogP contribution in [-0.4, -0.2) is 40.6 Å². The molecule has 2 N–H and O–H groups in total. The van der Waals surface area contributed by atoms with Gasteiger partial charge in [-0.15, -0.1) is 10.2 Å². The third-order valence-corrected chi connectivity index (χ3v) is 4.56. The summed E-state index contributed by atoms with van der Waals surface area (Å²) in [6.45, 7) is 0.281. The van der Waals surface area contributed by atoms with Gasteiger partial charge in [-0.25, -0.2) is 4.98 Å². The smallest absolute Gasteiger partial charge is 0.390 e. The van der Waals surface area contributed by atoms with E-state index in [1.807, 2.05) is 0 Å². The van der Waals surface area contributed by atoms with E-state index in [1.165, 1.54) is 11.3 Å². The number of hydrogen-bond acceptors (Lipinski definition) is 8. The summed E-state index contributed by atoms with van der Waals surface area (Å²) >= 11 is 7.19. The van der Waals surface area contributed by atoms with Gasteiger partial charge in [0.05, 0.1) is 17.1 Å². The van der Waals surface area contributed by atoms with Crippen molar-refractivity contribution in [2.24, 2.45) is 5.16 Å². The van der Waals surface area contributed by atoms with Gasteiger partial charge in [0, 0.05) is 19.7 Å².